The van der Waals surface area contributed by atoms with E-state index in [-0.39, 0.29) is 0 Å². The highest BCUT2D eigenvalue weighted by Crippen LogP contribution is 2.27. The number of rotatable bonds is 5. The summed E-state index contributed by atoms with van der Waals surface area (Å²) in [6.45, 7) is 4.66. The fourth-order valence-corrected chi connectivity index (χ4v) is 3.07. The van der Waals surface area contributed by atoms with Crippen LogP contribution in [0.15, 0.2) is 30.3 Å². The number of nitrogens with one attached hydrogen (secondary N) is 1. The second kappa shape index (κ2) is 6.20. The van der Waals surface area contributed by atoms with Crippen molar-refractivity contribution >= 4 is 0 Å². The van der Waals surface area contributed by atoms with Gasteiger partial charge in [-0.1, -0.05) is 43.2 Å². The van der Waals surface area contributed by atoms with Gasteiger partial charge in [-0.3, -0.25) is 0 Å². The van der Waals surface area contributed by atoms with Crippen molar-refractivity contribution in [2.24, 2.45) is 5.92 Å². The molecule has 1 aliphatic rings. The van der Waals surface area contributed by atoms with Gasteiger partial charge in [-0.05, 0) is 44.6 Å². The minimum absolute atomic E-state index is 0.577. The van der Waals surface area contributed by atoms with Crippen LogP contribution in [0.5, 0.6) is 0 Å². The smallest absolute Gasteiger partial charge is 0.00817 e. The maximum absolute atomic E-state index is 3.77. The lowest BCUT2D eigenvalue weighted by molar-refractivity contribution is 0.348. The molecule has 0 aliphatic heterocycles. The second-order valence-electron chi connectivity index (χ2n) is 5.59. The molecule has 17 heavy (non-hydrogen) atoms. The van der Waals surface area contributed by atoms with Crippen LogP contribution in [0.3, 0.4) is 0 Å². The van der Waals surface area contributed by atoms with Gasteiger partial charge < -0.3 is 5.32 Å². The van der Waals surface area contributed by atoms with Crippen LogP contribution in [0, 0.1) is 5.92 Å². The summed E-state index contributed by atoms with van der Waals surface area (Å²) in [6, 6.07) is 12.0. The predicted molar refractivity (Wildman–Crippen MR) is 74.2 cm³/mol. The Morgan fingerprint density at radius 1 is 1.12 bits per heavy atom. The molecule has 1 N–H and O–H groups in total. The summed E-state index contributed by atoms with van der Waals surface area (Å²) < 4.78 is 0. The van der Waals surface area contributed by atoms with Crippen molar-refractivity contribution in [2.75, 3.05) is 0 Å². The maximum atomic E-state index is 3.77. The number of hydrogen-bond acceptors (Lipinski definition) is 1. The van der Waals surface area contributed by atoms with Crippen LogP contribution in [0.4, 0.5) is 0 Å². The second-order valence-corrected chi connectivity index (χ2v) is 5.59. The molecule has 2 rings (SSSR count). The van der Waals surface area contributed by atoms with E-state index in [0.717, 1.165) is 12.3 Å². The highest BCUT2D eigenvalue weighted by atomic mass is 14.9. The molecule has 1 aliphatic carbocycles. The van der Waals surface area contributed by atoms with Gasteiger partial charge in [-0.15, -0.1) is 0 Å². The van der Waals surface area contributed by atoms with Gasteiger partial charge in [-0.2, -0.15) is 0 Å². The summed E-state index contributed by atoms with van der Waals surface area (Å²) in [5.41, 5.74) is 1.44. The minimum Gasteiger partial charge on any atom is -0.311 e. The third-order valence-corrected chi connectivity index (χ3v) is 4.04. The van der Waals surface area contributed by atoms with Gasteiger partial charge in [0.15, 0.2) is 0 Å². The first-order valence-corrected chi connectivity index (χ1v) is 7.05. The molecule has 0 bridgehead atoms. The molecule has 0 aromatic heterocycles. The van der Waals surface area contributed by atoms with Crippen LogP contribution in [0.1, 0.15) is 45.1 Å². The quantitative estimate of drug-likeness (QED) is 0.813. The first kappa shape index (κ1) is 12.6. The molecular weight excluding hydrogens is 206 g/mol. The summed E-state index contributed by atoms with van der Waals surface area (Å²) >= 11 is 0. The Hall–Kier alpha value is -0.820. The third kappa shape index (κ3) is 3.85. The number of benzene rings is 1. The third-order valence-electron chi connectivity index (χ3n) is 4.04. The Labute approximate surface area is 106 Å². The molecule has 1 aromatic rings. The summed E-state index contributed by atoms with van der Waals surface area (Å²) in [5.74, 6) is 0.910. The van der Waals surface area contributed by atoms with Gasteiger partial charge in [-0.25, -0.2) is 0 Å². The van der Waals surface area contributed by atoms with Crippen molar-refractivity contribution < 1.29 is 0 Å². The molecule has 0 amide bonds. The van der Waals surface area contributed by atoms with Crippen molar-refractivity contribution in [1.29, 1.82) is 0 Å². The molecule has 1 unspecified atom stereocenters. The van der Waals surface area contributed by atoms with Gasteiger partial charge in [0, 0.05) is 12.1 Å². The van der Waals surface area contributed by atoms with Crippen molar-refractivity contribution in [3.8, 4) is 0 Å². The summed E-state index contributed by atoms with van der Waals surface area (Å²) in [7, 11) is 0. The van der Waals surface area contributed by atoms with Crippen molar-refractivity contribution in [2.45, 2.75) is 58.0 Å². The van der Waals surface area contributed by atoms with E-state index >= 15 is 0 Å². The van der Waals surface area contributed by atoms with E-state index in [4.69, 9.17) is 0 Å². The lowest BCUT2D eigenvalue weighted by Crippen LogP contribution is -2.39. The van der Waals surface area contributed by atoms with Gasteiger partial charge >= 0.3 is 0 Å². The Balaban J connectivity index is 1.78. The van der Waals surface area contributed by atoms with Crippen molar-refractivity contribution in [3.63, 3.8) is 0 Å². The minimum atomic E-state index is 0.577. The zero-order valence-electron chi connectivity index (χ0n) is 11.2. The zero-order valence-corrected chi connectivity index (χ0v) is 11.2. The molecule has 0 heterocycles. The average molecular weight is 231 g/mol. The molecule has 0 spiro atoms. The molecule has 2 atom stereocenters. The van der Waals surface area contributed by atoms with Crippen LogP contribution in [0.2, 0.25) is 0 Å². The Morgan fingerprint density at radius 2 is 1.76 bits per heavy atom. The molecule has 0 saturated heterocycles. The van der Waals surface area contributed by atoms with E-state index in [2.05, 4.69) is 49.5 Å². The van der Waals surface area contributed by atoms with E-state index in [1.165, 1.54) is 31.2 Å². The molecule has 1 heteroatoms. The summed E-state index contributed by atoms with van der Waals surface area (Å²) in [4.78, 5) is 0. The first-order chi connectivity index (χ1) is 8.25. The highest BCUT2D eigenvalue weighted by Gasteiger charge is 2.22. The molecule has 1 aromatic carbocycles. The van der Waals surface area contributed by atoms with Gasteiger partial charge in [0.05, 0.1) is 0 Å². The molecule has 94 valence electrons. The number of hydrogen-bond donors (Lipinski definition) is 1. The molecule has 0 radical (unpaired) electrons. The van der Waals surface area contributed by atoms with E-state index in [0.29, 0.717) is 12.1 Å². The Kier molecular flexibility index (Phi) is 4.61. The SMILES string of the molecule is CC(Cc1ccccc1)N[C@@H](C)C1CCCC1. The van der Waals surface area contributed by atoms with Crippen LogP contribution in [-0.4, -0.2) is 12.1 Å². The summed E-state index contributed by atoms with van der Waals surface area (Å²) in [6.07, 6.45) is 6.85. The van der Waals surface area contributed by atoms with Crippen molar-refractivity contribution in [1.82, 2.24) is 5.32 Å². The van der Waals surface area contributed by atoms with E-state index < -0.39 is 0 Å². The Bertz CT molecular complexity index is 314. The largest absolute Gasteiger partial charge is 0.311 e. The van der Waals surface area contributed by atoms with Gasteiger partial charge in [0.25, 0.3) is 0 Å². The van der Waals surface area contributed by atoms with E-state index in [1.54, 1.807) is 0 Å². The fourth-order valence-electron chi connectivity index (χ4n) is 3.07. The fraction of sp³-hybridized carbons (Fsp3) is 0.625. The Morgan fingerprint density at radius 3 is 2.41 bits per heavy atom. The van der Waals surface area contributed by atoms with E-state index in [9.17, 15) is 0 Å². The zero-order chi connectivity index (χ0) is 12.1. The van der Waals surface area contributed by atoms with E-state index in [1.807, 2.05) is 0 Å². The normalized spacial score (nSPS) is 20.4. The van der Waals surface area contributed by atoms with Gasteiger partial charge in [0.2, 0.25) is 0 Å². The topological polar surface area (TPSA) is 12.0 Å². The van der Waals surface area contributed by atoms with Crippen LogP contribution in [-0.2, 0) is 6.42 Å². The molecule has 1 fully saturated rings. The molecular formula is C16H25N. The first-order valence-electron chi connectivity index (χ1n) is 7.05. The summed E-state index contributed by atoms with van der Waals surface area (Å²) in [5, 5.41) is 3.77. The van der Waals surface area contributed by atoms with Crippen LogP contribution < -0.4 is 5.32 Å². The lowest BCUT2D eigenvalue weighted by Gasteiger charge is -2.25. The lowest BCUT2D eigenvalue weighted by atomic mass is 9.98. The highest BCUT2D eigenvalue weighted by molar-refractivity contribution is 5.15. The average Bonchev–Trinajstić information content (AvgIpc) is 2.83. The maximum Gasteiger partial charge on any atom is 0.00817 e. The predicted octanol–water partition coefficient (Wildman–Crippen LogP) is 3.79. The molecule has 1 saturated carbocycles. The monoisotopic (exact) mass is 231 g/mol. The van der Waals surface area contributed by atoms with Crippen LogP contribution in [0.25, 0.3) is 0 Å². The van der Waals surface area contributed by atoms with Gasteiger partial charge in [0.1, 0.15) is 0 Å². The van der Waals surface area contributed by atoms with Crippen LogP contribution >= 0.6 is 0 Å². The molecule has 1 nitrogen and oxygen atoms in total. The standard InChI is InChI=1S/C16H25N/c1-13(12-15-8-4-3-5-9-15)17-14(2)16-10-6-7-11-16/h3-5,8-9,13-14,16-17H,6-7,10-12H2,1-2H3/t13?,14-/m0/s1. The van der Waals surface area contributed by atoms with Crippen molar-refractivity contribution in [3.05, 3.63) is 35.9 Å².